The number of hydrogen-bond donors (Lipinski definition) is 1. The number of rotatable bonds is 2. The van der Waals surface area contributed by atoms with Crippen molar-refractivity contribution in [3.63, 3.8) is 0 Å². The van der Waals surface area contributed by atoms with Crippen LogP contribution < -0.4 is 5.32 Å². The summed E-state index contributed by atoms with van der Waals surface area (Å²) in [4.78, 5) is 18.7. The molecular formula is C17H21N3O. The van der Waals surface area contributed by atoms with Crippen molar-refractivity contribution in [1.29, 1.82) is 0 Å². The van der Waals surface area contributed by atoms with Crippen LogP contribution in [0.1, 0.15) is 26.3 Å². The van der Waals surface area contributed by atoms with Crippen molar-refractivity contribution in [2.75, 3.05) is 0 Å². The maximum atomic E-state index is 12.0. The molecule has 4 nitrogen and oxygen atoms in total. The molecule has 0 aliphatic carbocycles. The number of amides is 1. The number of piperazine rings is 1. The summed E-state index contributed by atoms with van der Waals surface area (Å²) in [7, 11) is 0. The molecule has 1 aromatic heterocycles. The molecule has 1 aliphatic rings. The molecule has 3 unspecified atom stereocenters. The fraction of sp³-hybridized carbons (Fsp3) is 0.412. The van der Waals surface area contributed by atoms with E-state index in [4.69, 9.17) is 0 Å². The molecule has 0 radical (unpaired) electrons. The Kier molecular flexibility index (Phi) is 3.64. The molecular weight excluding hydrogens is 262 g/mol. The number of carbonyl (C=O) groups excluding carboxylic acids is 1. The Bertz CT molecular complexity index is 670. The first-order valence-corrected chi connectivity index (χ1v) is 7.46. The maximum Gasteiger partial charge on any atom is 0.237 e. The lowest BCUT2D eigenvalue weighted by atomic mass is 10.0. The van der Waals surface area contributed by atoms with Gasteiger partial charge in [0.05, 0.1) is 11.6 Å². The monoisotopic (exact) mass is 283 g/mol. The third-order valence-electron chi connectivity index (χ3n) is 4.51. The second-order valence-corrected chi connectivity index (χ2v) is 5.92. The smallest absolute Gasteiger partial charge is 0.237 e. The number of hydrogen-bond acceptors (Lipinski definition) is 3. The van der Waals surface area contributed by atoms with Crippen LogP contribution in [-0.4, -0.2) is 33.9 Å². The molecule has 1 aliphatic heterocycles. The molecule has 3 rings (SSSR count). The lowest BCUT2D eigenvalue weighted by Crippen LogP contribution is -2.62. The van der Waals surface area contributed by atoms with Gasteiger partial charge in [-0.05, 0) is 38.5 Å². The van der Waals surface area contributed by atoms with Crippen molar-refractivity contribution in [1.82, 2.24) is 15.2 Å². The fourth-order valence-corrected chi connectivity index (χ4v) is 2.95. The van der Waals surface area contributed by atoms with Crippen molar-refractivity contribution in [2.45, 2.75) is 45.4 Å². The van der Waals surface area contributed by atoms with Gasteiger partial charge >= 0.3 is 0 Å². The van der Waals surface area contributed by atoms with Gasteiger partial charge in [0.1, 0.15) is 0 Å². The highest BCUT2D eigenvalue weighted by molar-refractivity contribution is 5.82. The topological polar surface area (TPSA) is 45.2 Å². The molecule has 1 saturated heterocycles. The van der Waals surface area contributed by atoms with Crippen LogP contribution in [0.25, 0.3) is 10.9 Å². The van der Waals surface area contributed by atoms with E-state index in [1.165, 1.54) is 0 Å². The zero-order valence-electron chi connectivity index (χ0n) is 12.7. The van der Waals surface area contributed by atoms with Crippen LogP contribution in [0.2, 0.25) is 0 Å². The first-order chi connectivity index (χ1) is 10.1. The summed E-state index contributed by atoms with van der Waals surface area (Å²) in [5.74, 6) is 0.106. The molecule has 1 amide bonds. The molecule has 21 heavy (non-hydrogen) atoms. The highest BCUT2D eigenvalue weighted by atomic mass is 16.2. The minimum atomic E-state index is -0.109. The average molecular weight is 283 g/mol. The van der Waals surface area contributed by atoms with Crippen molar-refractivity contribution < 1.29 is 4.79 Å². The Morgan fingerprint density at radius 1 is 1.24 bits per heavy atom. The normalized spacial score (nSPS) is 26.8. The van der Waals surface area contributed by atoms with Crippen LogP contribution in [0.15, 0.2) is 36.5 Å². The molecule has 1 aromatic carbocycles. The summed E-state index contributed by atoms with van der Waals surface area (Å²) in [6.07, 6.45) is 1.92. The molecule has 4 heteroatoms. The van der Waals surface area contributed by atoms with Crippen molar-refractivity contribution in [3.05, 3.63) is 42.1 Å². The third kappa shape index (κ3) is 2.63. The van der Waals surface area contributed by atoms with Gasteiger partial charge in [0.2, 0.25) is 5.91 Å². The van der Waals surface area contributed by atoms with Gasteiger partial charge in [0, 0.05) is 30.2 Å². The van der Waals surface area contributed by atoms with Crippen LogP contribution in [-0.2, 0) is 11.3 Å². The summed E-state index contributed by atoms with van der Waals surface area (Å²) in [6, 6.07) is 10.6. The molecule has 110 valence electrons. The van der Waals surface area contributed by atoms with E-state index in [1.807, 2.05) is 31.3 Å². The number of carbonyl (C=O) groups is 1. The molecule has 1 fully saturated rings. The number of nitrogens with one attached hydrogen (secondary N) is 1. The number of aromatic nitrogens is 1. The second-order valence-electron chi connectivity index (χ2n) is 5.92. The minimum absolute atomic E-state index is 0.106. The van der Waals surface area contributed by atoms with Crippen molar-refractivity contribution >= 4 is 16.8 Å². The lowest BCUT2D eigenvalue weighted by Gasteiger charge is -2.42. The third-order valence-corrected chi connectivity index (χ3v) is 4.51. The van der Waals surface area contributed by atoms with E-state index >= 15 is 0 Å². The van der Waals surface area contributed by atoms with E-state index in [-0.39, 0.29) is 18.0 Å². The Labute approximate surface area is 125 Å². The number of pyridine rings is 1. The molecule has 0 saturated carbocycles. The van der Waals surface area contributed by atoms with Crippen LogP contribution >= 0.6 is 0 Å². The standard InChI is InChI=1S/C17H21N3O/c1-11-12(2)20(13(3)17(21)19-11)10-14-8-15-6-4-5-7-16(15)18-9-14/h4-9,11-13H,10H2,1-3H3,(H,19,21). The zero-order valence-corrected chi connectivity index (χ0v) is 12.7. The van der Waals surface area contributed by atoms with E-state index in [0.717, 1.165) is 23.0 Å². The van der Waals surface area contributed by atoms with Crippen LogP contribution in [0, 0.1) is 0 Å². The summed E-state index contributed by atoms with van der Waals surface area (Å²) in [5.41, 5.74) is 2.15. The second kappa shape index (κ2) is 5.45. The number of para-hydroxylation sites is 1. The van der Waals surface area contributed by atoms with Gasteiger partial charge in [-0.3, -0.25) is 14.7 Å². The molecule has 0 spiro atoms. The van der Waals surface area contributed by atoms with E-state index in [1.54, 1.807) is 0 Å². The van der Waals surface area contributed by atoms with Crippen molar-refractivity contribution in [2.24, 2.45) is 0 Å². The largest absolute Gasteiger partial charge is 0.351 e. The van der Waals surface area contributed by atoms with Gasteiger partial charge in [-0.1, -0.05) is 18.2 Å². The van der Waals surface area contributed by atoms with Crippen LogP contribution in [0.3, 0.4) is 0 Å². The van der Waals surface area contributed by atoms with Gasteiger partial charge in [-0.2, -0.15) is 0 Å². The molecule has 3 atom stereocenters. The molecule has 0 bridgehead atoms. The Hall–Kier alpha value is -1.94. The van der Waals surface area contributed by atoms with Gasteiger partial charge < -0.3 is 5.32 Å². The van der Waals surface area contributed by atoms with E-state index in [2.05, 4.69) is 41.2 Å². The number of benzene rings is 1. The zero-order chi connectivity index (χ0) is 15.0. The van der Waals surface area contributed by atoms with Gasteiger partial charge in [0.25, 0.3) is 0 Å². The summed E-state index contributed by atoms with van der Waals surface area (Å²) in [6.45, 7) is 6.93. The maximum absolute atomic E-state index is 12.0. The summed E-state index contributed by atoms with van der Waals surface area (Å²) >= 11 is 0. The van der Waals surface area contributed by atoms with Crippen LogP contribution in [0.4, 0.5) is 0 Å². The Morgan fingerprint density at radius 3 is 2.81 bits per heavy atom. The quantitative estimate of drug-likeness (QED) is 0.920. The predicted octanol–water partition coefficient (Wildman–Crippen LogP) is 2.33. The van der Waals surface area contributed by atoms with E-state index < -0.39 is 0 Å². The SMILES string of the molecule is CC1NC(=O)C(C)N(Cc2cnc3ccccc3c2)C1C. The minimum Gasteiger partial charge on any atom is -0.351 e. The Morgan fingerprint density at radius 2 is 2.00 bits per heavy atom. The summed E-state index contributed by atoms with van der Waals surface area (Å²) < 4.78 is 0. The molecule has 2 aromatic rings. The first kappa shape index (κ1) is 14.0. The van der Waals surface area contributed by atoms with Crippen LogP contribution in [0.5, 0.6) is 0 Å². The average Bonchev–Trinajstić information content (AvgIpc) is 2.49. The predicted molar refractivity (Wildman–Crippen MR) is 83.8 cm³/mol. The first-order valence-electron chi connectivity index (χ1n) is 7.46. The lowest BCUT2D eigenvalue weighted by molar-refractivity contribution is -0.132. The van der Waals surface area contributed by atoms with Crippen molar-refractivity contribution in [3.8, 4) is 0 Å². The number of nitrogens with zero attached hydrogens (tertiary/aromatic N) is 2. The van der Waals surface area contributed by atoms with E-state index in [0.29, 0.717) is 6.04 Å². The Balaban J connectivity index is 1.87. The number of fused-ring (bicyclic) bond motifs is 1. The summed E-state index contributed by atoms with van der Waals surface area (Å²) in [5, 5.41) is 4.17. The molecule has 2 heterocycles. The van der Waals surface area contributed by atoms with Gasteiger partial charge in [0.15, 0.2) is 0 Å². The highest BCUT2D eigenvalue weighted by Gasteiger charge is 2.34. The highest BCUT2D eigenvalue weighted by Crippen LogP contribution is 2.20. The van der Waals surface area contributed by atoms with Gasteiger partial charge in [-0.25, -0.2) is 0 Å². The molecule has 1 N–H and O–H groups in total. The van der Waals surface area contributed by atoms with Gasteiger partial charge in [-0.15, -0.1) is 0 Å². The fourth-order valence-electron chi connectivity index (χ4n) is 2.95. The van der Waals surface area contributed by atoms with E-state index in [9.17, 15) is 4.79 Å².